The molecule has 9 N–H and O–H groups in total. The highest BCUT2D eigenvalue weighted by Crippen LogP contribution is 2.30. The van der Waals surface area contributed by atoms with E-state index in [9.17, 15) is 45.6 Å². The summed E-state index contributed by atoms with van der Waals surface area (Å²) in [5.74, 6) is -0.242. The lowest BCUT2D eigenvalue weighted by molar-refractivity contribution is -0.359. The number of nitrogens with one attached hydrogen (secondary N) is 1. The van der Waals surface area contributed by atoms with E-state index >= 15 is 0 Å². The molecule has 320 valence electrons. The van der Waals surface area contributed by atoms with Crippen LogP contribution in [0.25, 0.3) is 0 Å². The molecule has 12 atom stereocenters. The van der Waals surface area contributed by atoms with E-state index < -0.39 is 86.8 Å². The minimum atomic E-state index is -1.77. The fraction of sp³-hybridized carbons (Fsp3) is 0.975. The molecule has 0 aliphatic carbocycles. The molecule has 2 heterocycles. The van der Waals surface area contributed by atoms with Gasteiger partial charge in [-0.25, -0.2) is 0 Å². The molecule has 0 bridgehead atoms. The average Bonchev–Trinajstić information content (AvgIpc) is 3.17. The van der Waals surface area contributed by atoms with Crippen molar-refractivity contribution in [2.24, 2.45) is 0 Å². The Bertz CT molecular complexity index is 930. The molecule has 2 aliphatic rings. The van der Waals surface area contributed by atoms with E-state index in [1.165, 1.54) is 89.9 Å². The third-order valence-corrected chi connectivity index (χ3v) is 10.8. The molecule has 54 heavy (non-hydrogen) atoms. The van der Waals surface area contributed by atoms with Crippen molar-refractivity contribution in [2.75, 3.05) is 19.8 Å². The van der Waals surface area contributed by atoms with Gasteiger partial charge in [0.15, 0.2) is 12.6 Å². The van der Waals surface area contributed by atoms with Crippen molar-refractivity contribution in [1.82, 2.24) is 5.32 Å². The highest BCUT2D eigenvalue weighted by atomic mass is 16.7. The van der Waals surface area contributed by atoms with Gasteiger partial charge in [0.25, 0.3) is 0 Å². The van der Waals surface area contributed by atoms with E-state index in [-0.39, 0.29) is 18.9 Å². The van der Waals surface area contributed by atoms with Crippen LogP contribution in [0.1, 0.15) is 155 Å². The predicted molar refractivity (Wildman–Crippen MR) is 203 cm³/mol. The minimum absolute atomic E-state index is 0.242. The summed E-state index contributed by atoms with van der Waals surface area (Å²) in [5, 5.41) is 85.8. The summed E-state index contributed by atoms with van der Waals surface area (Å²) in [7, 11) is 0. The molecule has 2 aliphatic heterocycles. The van der Waals surface area contributed by atoms with Crippen LogP contribution in [0.2, 0.25) is 0 Å². The average molecular weight is 780 g/mol. The molecule has 0 radical (unpaired) electrons. The second-order valence-corrected chi connectivity index (χ2v) is 15.5. The van der Waals surface area contributed by atoms with Crippen molar-refractivity contribution in [1.29, 1.82) is 0 Å². The van der Waals surface area contributed by atoms with Crippen LogP contribution in [0.4, 0.5) is 0 Å². The first-order valence-electron chi connectivity index (χ1n) is 21.3. The maximum atomic E-state index is 12.6. The second kappa shape index (κ2) is 29.2. The van der Waals surface area contributed by atoms with Crippen molar-refractivity contribution >= 4 is 5.91 Å². The van der Waals surface area contributed by atoms with Crippen molar-refractivity contribution in [3.63, 3.8) is 0 Å². The molecule has 14 nitrogen and oxygen atoms in total. The minimum Gasteiger partial charge on any atom is -0.394 e. The normalized spacial score (nSPS) is 30.0. The van der Waals surface area contributed by atoms with E-state index in [1.54, 1.807) is 0 Å². The van der Waals surface area contributed by atoms with Gasteiger partial charge in [-0.1, -0.05) is 136 Å². The Balaban J connectivity index is 1.74. The fourth-order valence-corrected chi connectivity index (χ4v) is 7.21. The quantitative estimate of drug-likeness (QED) is 0.0462. The molecule has 1 amide bonds. The van der Waals surface area contributed by atoms with Crippen LogP contribution in [0, 0.1) is 0 Å². The summed E-state index contributed by atoms with van der Waals surface area (Å²) in [6, 6.07) is -0.816. The first kappa shape index (κ1) is 49.1. The van der Waals surface area contributed by atoms with Gasteiger partial charge in [-0.15, -0.1) is 0 Å². The highest BCUT2D eigenvalue weighted by Gasteiger charge is 2.50. The van der Waals surface area contributed by atoms with Gasteiger partial charge >= 0.3 is 0 Å². The zero-order valence-corrected chi connectivity index (χ0v) is 33.2. The number of aliphatic hydroxyl groups is 8. The maximum Gasteiger partial charge on any atom is 0.220 e. The number of aliphatic hydroxyl groups excluding tert-OH is 8. The van der Waals surface area contributed by atoms with Gasteiger partial charge in [0, 0.05) is 6.42 Å². The van der Waals surface area contributed by atoms with Crippen molar-refractivity contribution in [2.45, 2.75) is 229 Å². The van der Waals surface area contributed by atoms with Crippen LogP contribution >= 0.6 is 0 Å². The number of carbonyl (C=O) groups is 1. The van der Waals surface area contributed by atoms with Crippen molar-refractivity contribution in [3.8, 4) is 0 Å². The first-order chi connectivity index (χ1) is 26.1. The van der Waals surface area contributed by atoms with E-state index in [2.05, 4.69) is 12.2 Å². The third-order valence-electron chi connectivity index (χ3n) is 10.8. The van der Waals surface area contributed by atoms with Crippen LogP contribution in [-0.2, 0) is 23.7 Å². The molecule has 2 rings (SSSR count). The zero-order chi connectivity index (χ0) is 39.7. The Labute approximate surface area is 323 Å². The first-order valence-corrected chi connectivity index (χ1v) is 21.3. The van der Waals surface area contributed by atoms with Crippen molar-refractivity contribution in [3.05, 3.63) is 0 Å². The second-order valence-electron chi connectivity index (χ2n) is 15.5. The molecule has 0 aromatic rings. The lowest BCUT2D eigenvalue weighted by atomic mass is 9.97. The Morgan fingerprint density at radius 1 is 0.593 bits per heavy atom. The SMILES string of the molecule is CCCCCCCCCCCCCCCCCCCCC(O)C(COC1OC(CO)C(OC2OC(CO)C(O)C(O)C2O)C(O)C1O)NC(=O)CCCC. The van der Waals surface area contributed by atoms with E-state index in [1.807, 2.05) is 6.92 Å². The van der Waals surface area contributed by atoms with Gasteiger partial charge in [-0.2, -0.15) is 0 Å². The van der Waals surface area contributed by atoms with Crippen LogP contribution in [0.15, 0.2) is 0 Å². The molecule has 12 unspecified atom stereocenters. The van der Waals surface area contributed by atoms with Gasteiger partial charge in [-0.05, 0) is 12.8 Å². The summed E-state index contributed by atoms with van der Waals surface area (Å²) in [6.45, 7) is 2.58. The molecule has 0 aromatic carbocycles. The van der Waals surface area contributed by atoms with Gasteiger partial charge in [-0.3, -0.25) is 4.79 Å². The summed E-state index contributed by atoms with van der Waals surface area (Å²) >= 11 is 0. The van der Waals surface area contributed by atoms with Crippen LogP contribution in [0.5, 0.6) is 0 Å². The molecule has 14 heteroatoms. The number of ether oxygens (including phenoxy) is 4. The summed E-state index contributed by atoms with van der Waals surface area (Å²) in [4.78, 5) is 12.6. The van der Waals surface area contributed by atoms with E-state index in [4.69, 9.17) is 18.9 Å². The molecular formula is C40H77NO13. The molecule has 0 aromatic heterocycles. The maximum absolute atomic E-state index is 12.6. The largest absolute Gasteiger partial charge is 0.394 e. The van der Waals surface area contributed by atoms with Gasteiger partial charge in [0.05, 0.1) is 32.0 Å². The highest BCUT2D eigenvalue weighted by molar-refractivity contribution is 5.76. The lowest BCUT2D eigenvalue weighted by Gasteiger charge is -2.46. The third kappa shape index (κ3) is 18.1. The topological polar surface area (TPSA) is 228 Å². The number of hydrogen-bond donors (Lipinski definition) is 9. The lowest BCUT2D eigenvalue weighted by Crippen LogP contribution is -2.65. The van der Waals surface area contributed by atoms with Gasteiger partial charge in [0.1, 0.15) is 48.8 Å². The summed E-state index contributed by atoms with van der Waals surface area (Å²) in [5.41, 5.74) is 0. The van der Waals surface area contributed by atoms with E-state index in [0.29, 0.717) is 12.8 Å². The Morgan fingerprint density at radius 3 is 1.56 bits per heavy atom. The van der Waals surface area contributed by atoms with E-state index in [0.717, 1.165) is 32.1 Å². The number of unbranched alkanes of at least 4 members (excludes halogenated alkanes) is 18. The van der Waals surface area contributed by atoms with Gasteiger partial charge < -0.3 is 65.1 Å². The molecule has 0 spiro atoms. The van der Waals surface area contributed by atoms with Crippen LogP contribution in [0.3, 0.4) is 0 Å². The predicted octanol–water partition coefficient (Wildman–Crippen LogP) is 3.09. The van der Waals surface area contributed by atoms with Crippen LogP contribution < -0.4 is 5.32 Å². The molecule has 2 saturated heterocycles. The Kier molecular flexibility index (Phi) is 26.6. The number of hydrogen-bond acceptors (Lipinski definition) is 13. The summed E-state index contributed by atoms with van der Waals surface area (Å²) in [6.07, 6.45) is 8.27. The van der Waals surface area contributed by atoms with Crippen molar-refractivity contribution < 1.29 is 64.6 Å². The van der Waals surface area contributed by atoms with Gasteiger partial charge in [0.2, 0.25) is 5.91 Å². The Morgan fingerprint density at radius 2 is 1.06 bits per heavy atom. The number of amides is 1. The number of rotatable bonds is 31. The molecular weight excluding hydrogens is 702 g/mol. The smallest absolute Gasteiger partial charge is 0.220 e. The number of carbonyl (C=O) groups excluding carboxylic acids is 1. The standard InChI is InChI=1S/C40H77NO13/c1-3-5-7-8-9-10-11-12-13-14-15-16-17-18-19-20-21-22-23-29(44)28(41-32(45)24-6-4-2)27-51-39-37(50)35(48)38(31(26-43)53-39)54-40-36(49)34(47)33(46)30(25-42)52-40/h28-31,33-40,42-44,46-50H,3-27H2,1-2H3,(H,41,45). The molecule has 2 fully saturated rings. The fourth-order valence-electron chi connectivity index (χ4n) is 7.21. The molecule has 0 saturated carbocycles. The summed E-state index contributed by atoms with van der Waals surface area (Å²) < 4.78 is 22.5. The zero-order valence-electron chi connectivity index (χ0n) is 33.2. The van der Waals surface area contributed by atoms with Crippen LogP contribution in [-0.4, -0.2) is 140 Å². The Hall–Kier alpha value is -1.01. The monoisotopic (exact) mass is 780 g/mol.